The molecule has 3 aromatic rings. The number of hydrogen-bond acceptors (Lipinski definition) is 3. The first-order valence-electron chi connectivity index (χ1n) is 8.71. The van der Waals surface area contributed by atoms with Crippen molar-refractivity contribution >= 4 is 27.1 Å². The van der Waals surface area contributed by atoms with Crippen LogP contribution in [-0.4, -0.2) is 14.7 Å². The zero-order chi connectivity index (χ0) is 19.7. The van der Waals surface area contributed by atoms with Gasteiger partial charge in [0.05, 0.1) is 6.26 Å². The molecule has 1 N–H and O–H groups in total. The molecule has 0 spiro atoms. The number of rotatable bonds is 3. The quantitative estimate of drug-likeness (QED) is 0.691. The molecule has 3 aromatic carbocycles. The largest absolute Gasteiger partial charge is 0.488 e. The summed E-state index contributed by atoms with van der Waals surface area (Å²) in [6, 6.07) is 21.2. The van der Waals surface area contributed by atoms with Gasteiger partial charge >= 0.3 is 0 Å². The molecule has 0 saturated carbocycles. The van der Waals surface area contributed by atoms with Gasteiger partial charge in [0.25, 0.3) is 0 Å². The third-order valence-electron chi connectivity index (χ3n) is 4.47. The Morgan fingerprint density at radius 1 is 0.964 bits per heavy atom. The van der Waals surface area contributed by atoms with Gasteiger partial charge in [-0.05, 0) is 29.3 Å². The fourth-order valence-corrected chi connectivity index (χ4v) is 3.86. The zero-order valence-corrected chi connectivity index (χ0v) is 16.0. The van der Waals surface area contributed by atoms with Gasteiger partial charge in [0, 0.05) is 22.4 Å². The highest BCUT2D eigenvalue weighted by atomic mass is 32.2. The summed E-state index contributed by atoms with van der Waals surface area (Å²) >= 11 is 0. The normalized spacial score (nSPS) is 14.9. The summed E-state index contributed by atoms with van der Waals surface area (Å²) in [5.41, 5.74) is 3.32. The van der Waals surface area contributed by atoms with E-state index in [0.717, 1.165) is 17.4 Å². The Labute approximate surface area is 163 Å². The van der Waals surface area contributed by atoms with Crippen molar-refractivity contribution in [2.75, 3.05) is 11.0 Å². The molecule has 6 heteroatoms. The maximum absolute atomic E-state index is 15.8. The Balaban J connectivity index is 1.94. The van der Waals surface area contributed by atoms with E-state index in [2.05, 4.69) is 4.72 Å². The van der Waals surface area contributed by atoms with Crippen LogP contribution in [0.2, 0.25) is 0 Å². The SMILES string of the molecule is CS(=O)(=O)Nc1cccc(/C(F)=C2/c3ccccc3COc3ccccc32)c1. The first-order chi connectivity index (χ1) is 13.4. The van der Waals surface area contributed by atoms with Crippen molar-refractivity contribution in [3.8, 4) is 5.75 Å². The minimum absolute atomic E-state index is 0.287. The summed E-state index contributed by atoms with van der Waals surface area (Å²) < 4.78 is 47.1. The molecule has 4 rings (SSSR count). The van der Waals surface area contributed by atoms with Crippen molar-refractivity contribution in [3.63, 3.8) is 0 Å². The maximum atomic E-state index is 15.8. The van der Waals surface area contributed by atoms with Crippen molar-refractivity contribution in [2.24, 2.45) is 0 Å². The molecule has 142 valence electrons. The van der Waals surface area contributed by atoms with Crippen LogP contribution in [0.3, 0.4) is 0 Å². The highest BCUT2D eigenvalue weighted by Crippen LogP contribution is 2.41. The highest BCUT2D eigenvalue weighted by Gasteiger charge is 2.23. The van der Waals surface area contributed by atoms with E-state index in [4.69, 9.17) is 4.74 Å². The number of ether oxygens (including phenoxy) is 1. The van der Waals surface area contributed by atoms with Gasteiger partial charge in [0.1, 0.15) is 18.2 Å². The topological polar surface area (TPSA) is 55.4 Å². The van der Waals surface area contributed by atoms with Crippen molar-refractivity contribution in [3.05, 3.63) is 95.1 Å². The van der Waals surface area contributed by atoms with Crippen LogP contribution in [-0.2, 0) is 16.6 Å². The Kier molecular flexibility index (Phi) is 4.65. The molecule has 1 heterocycles. The molecule has 1 aliphatic rings. The summed E-state index contributed by atoms with van der Waals surface area (Å²) in [7, 11) is -3.46. The Bertz CT molecular complexity index is 1140. The first kappa shape index (κ1) is 18.3. The van der Waals surface area contributed by atoms with Gasteiger partial charge < -0.3 is 4.74 Å². The number of para-hydroxylation sites is 1. The van der Waals surface area contributed by atoms with Crippen molar-refractivity contribution < 1.29 is 17.5 Å². The predicted molar refractivity (Wildman–Crippen MR) is 109 cm³/mol. The van der Waals surface area contributed by atoms with Crippen LogP contribution in [0.1, 0.15) is 22.3 Å². The molecular weight excluding hydrogens is 377 g/mol. The molecule has 4 nitrogen and oxygen atoms in total. The maximum Gasteiger partial charge on any atom is 0.229 e. The molecule has 0 fully saturated rings. The summed E-state index contributed by atoms with van der Waals surface area (Å²) in [5, 5.41) is 0. The number of fused-ring (bicyclic) bond motifs is 2. The Morgan fingerprint density at radius 3 is 2.46 bits per heavy atom. The lowest BCUT2D eigenvalue weighted by molar-refractivity contribution is 0.307. The minimum atomic E-state index is -3.46. The number of hydrogen-bond donors (Lipinski definition) is 1. The first-order valence-corrected chi connectivity index (χ1v) is 10.6. The van der Waals surface area contributed by atoms with Crippen LogP contribution in [0.5, 0.6) is 5.75 Å². The molecular formula is C22H18FNO3S. The zero-order valence-electron chi connectivity index (χ0n) is 15.1. The van der Waals surface area contributed by atoms with E-state index in [1.54, 1.807) is 18.2 Å². The average molecular weight is 395 g/mol. The fourth-order valence-electron chi connectivity index (χ4n) is 3.30. The predicted octanol–water partition coefficient (Wildman–Crippen LogP) is 4.84. The minimum Gasteiger partial charge on any atom is -0.488 e. The number of benzene rings is 3. The van der Waals surface area contributed by atoms with Crippen LogP contribution in [0.4, 0.5) is 10.1 Å². The monoisotopic (exact) mass is 395 g/mol. The van der Waals surface area contributed by atoms with E-state index >= 15 is 4.39 Å². The molecule has 0 amide bonds. The summed E-state index contributed by atoms with van der Waals surface area (Å²) in [4.78, 5) is 0. The van der Waals surface area contributed by atoms with E-state index < -0.39 is 15.9 Å². The van der Waals surface area contributed by atoms with Gasteiger partial charge in [-0.25, -0.2) is 12.8 Å². The second-order valence-corrected chi connectivity index (χ2v) is 8.33. The lowest BCUT2D eigenvalue weighted by Gasteiger charge is -2.13. The number of anilines is 1. The van der Waals surface area contributed by atoms with Crippen molar-refractivity contribution in [1.29, 1.82) is 0 Å². The molecule has 0 bridgehead atoms. The van der Waals surface area contributed by atoms with E-state index in [1.807, 2.05) is 48.5 Å². The highest BCUT2D eigenvalue weighted by molar-refractivity contribution is 7.92. The smallest absolute Gasteiger partial charge is 0.229 e. The summed E-state index contributed by atoms with van der Waals surface area (Å²) in [6.45, 7) is 0.347. The Morgan fingerprint density at radius 2 is 1.68 bits per heavy atom. The molecule has 0 radical (unpaired) electrons. The van der Waals surface area contributed by atoms with Gasteiger partial charge in [0.15, 0.2) is 0 Å². The van der Waals surface area contributed by atoms with Gasteiger partial charge in [0.2, 0.25) is 10.0 Å². The van der Waals surface area contributed by atoms with Gasteiger partial charge in [-0.3, -0.25) is 4.72 Å². The second-order valence-electron chi connectivity index (χ2n) is 6.59. The summed E-state index contributed by atoms with van der Waals surface area (Å²) in [6.07, 6.45) is 1.06. The van der Waals surface area contributed by atoms with Crippen LogP contribution < -0.4 is 9.46 Å². The number of sulfonamides is 1. The molecule has 1 aliphatic heterocycles. The van der Waals surface area contributed by atoms with Crippen molar-refractivity contribution in [2.45, 2.75) is 6.61 Å². The molecule has 0 saturated heterocycles. The standard InChI is InChI=1S/C22H18FNO3S/c1-28(25,26)24-17-9-6-8-15(13-17)22(23)21-18-10-3-2-7-16(18)14-27-20-12-5-4-11-19(20)21/h2-13,24H,14H2,1H3/b22-21+. The second kappa shape index (κ2) is 7.13. The van der Waals surface area contributed by atoms with Crippen LogP contribution in [0, 0.1) is 0 Å². The number of halogens is 1. The van der Waals surface area contributed by atoms with E-state index in [0.29, 0.717) is 29.2 Å². The molecule has 0 aromatic heterocycles. The van der Waals surface area contributed by atoms with Crippen LogP contribution in [0.25, 0.3) is 11.4 Å². The molecule has 0 unspecified atom stereocenters. The van der Waals surface area contributed by atoms with Crippen molar-refractivity contribution in [1.82, 2.24) is 0 Å². The molecule has 0 aliphatic carbocycles. The number of nitrogens with one attached hydrogen (secondary N) is 1. The Hall–Kier alpha value is -3.12. The van der Waals surface area contributed by atoms with E-state index in [-0.39, 0.29) is 5.56 Å². The van der Waals surface area contributed by atoms with Gasteiger partial charge in [-0.15, -0.1) is 0 Å². The van der Waals surface area contributed by atoms with Crippen LogP contribution in [0.15, 0.2) is 72.8 Å². The van der Waals surface area contributed by atoms with Gasteiger partial charge in [-0.1, -0.05) is 54.6 Å². The average Bonchev–Trinajstić information content (AvgIpc) is 2.83. The van der Waals surface area contributed by atoms with E-state index in [1.165, 1.54) is 6.07 Å². The summed E-state index contributed by atoms with van der Waals surface area (Å²) in [5.74, 6) is 0.164. The molecule has 0 atom stereocenters. The van der Waals surface area contributed by atoms with Crippen LogP contribution >= 0.6 is 0 Å². The lowest BCUT2D eigenvalue weighted by Crippen LogP contribution is -2.09. The molecule has 28 heavy (non-hydrogen) atoms. The lowest BCUT2D eigenvalue weighted by atomic mass is 9.92. The third kappa shape index (κ3) is 3.64. The third-order valence-corrected chi connectivity index (χ3v) is 5.07. The van der Waals surface area contributed by atoms with E-state index in [9.17, 15) is 8.42 Å². The fraction of sp³-hybridized carbons (Fsp3) is 0.0909. The van der Waals surface area contributed by atoms with Gasteiger partial charge in [-0.2, -0.15) is 0 Å².